The van der Waals surface area contributed by atoms with Gasteiger partial charge in [0.2, 0.25) is 6.41 Å². The van der Waals surface area contributed by atoms with Crippen molar-refractivity contribution in [2.24, 2.45) is 5.84 Å². The van der Waals surface area contributed by atoms with Gasteiger partial charge in [-0.2, -0.15) is 4.41 Å². The van der Waals surface area contributed by atoms with Crippen LogP contribution >= 0.6 is 12.1 Å². The molecule has 81 valence electrons. The van der Waals surface area contributed by atoms with E-state index in [-0.39, 0.29) is 0 Å². The van der Waals surface area contributed by atoms with E-state index in [1.54, 1.807) is 32.4 Å². The third-order valence-corrected chi connectivity index (χ3v) is 2.29. The molecule has 1 rings (SSSR count). The maximum absolute atomic E-state index is 10.9. The number of benzene rings is 1. The molecule has 1 amide bonds. The molecule has 1 aromatic carbocycles. The Morgan fingerprint density at radius 3 is 2.93 bits per heavy atom. The zero-order valence-corrected chi connectivity index (χ0v) is 9.32. The summed E-state index contributed by atoms with van der Waals surface area (Å²) in [6, 6.07) is 7.96. The Balaban J connectivity index is 2.95. The van der Waals surface area contributed by atoms with Gasteiger partial charge in [0.15, 0.2) is 0 Å². The lowest BCUT2D eigenvalue weighted by atomic mass is 10.3. The number of carbonyl (C=O) groups is 1. The van der Waals surface area contributed by atoms with Gasteiger partial charge in [-0.3, -0.25) is 10.6 Å². The summed E-state index contributed by atoms with van der Waals surface area (Å²) in [6.07, 6.45) is 0.666. The highest BCUT2D eigenvalue weighted by atomic mass is 32.2. The Morgan fingerprint density at radius 2 is 2.40 bits per heavy atom. The second kappa shape index (κ2) is 5.59. The zero-order valence-electron chi connectivity index (χ0n) is 8.51. The van der Waals surface area contributed by atoms with Crippen molar-refractivity contribution in [3.05, 3.63) is 24.3 Å². The number of carbonyl (C=O) groups excluding carboxylic acids is 1. The Kier molecular flexibility index (Phi) is 4.41. The number of methoxy groups -OCH3 is 1. The molecule has 0 aliphatic heterocycles. The Hall–Kier alpha value is -1.24. The van der Waals surface area contributed by atoms with Gasteiger partial charge in [-0.25, -0.2) is 4.31 Å². The molecule has 1 aromatic rings. The maximum atomic E-state index is 10.9. The number of rotatable bonds is 5. The molecule has 1 radical (unpaired) electrons. The second-order valence-corrected chi connectivity index (χ2v) is 3.79. The first-order valence-electron chi connectivity index (χ1n) is 4.14. The highest BCUT2D eigenvalue weighted by molar-refractivity contribution is 7.98. The first kappa shape index (κ1) is 11.8. The minimum atomic E-state index is 0.593. The number of ether oxygens (including phenoxy) is 1. The summed E-state index contributed by atoms with van der Waals surface area (Å²) in [4.78, 5) is 10.9. The van der Waals surface area contributed by atoms with Gasteiger partial charge < -0.3 is 4.74 Å². The SMILES string of the molecule is COc1cc[c]cc1N(C=O)SN(C)N. The van der Waals surface area contributed by atoms with E-state index in [4.69, 9.17) is 10.6 Å². The van der Waals surface area contributed by atoms with Gasteiger partial charge in [-0.05, 0) is 18.2 Å². The predicted molar refractivity (Wildman–Crippen MR) is 59.9 cm³/mol. The first-order valence-corrected chi connectivity index (χ1v) is 4.87. The number of nitrogens with two attached hydrogens (primary N) is 1. The van der Waals surface area contributed by atoms with Crippen molar-refractivity contribution in [3.63, 3.8) is 0 Å². The van der Waals surface area contributed by atoms with Crippen LogP contribution in [0.2, 0.25) is 0 Å². The lowest BCUT2D eigenvalue weighted by molar-refractivity contribution is -0.106. The molecular formula is C9H12N3O2S. The molecule has 0 saturated carbocycles. The van der Waals surface area contributed by atoms with Crippen molar-refractivity contribution in [1.29, 1.82) is 0 Å². The van der Waals surface area contributed by atoms with Crippen LogP contribution in [0.4, 0.5) is 5.69 Å². The smallest absolute Gasteiger partial charge is 0.225 e. The number of hydrazine groups is 1. The normalized spacial score (nSPS) is 10.1. The van der Waals surface area contributed by atoms with Crippen molar-refractivity contribution in [2.45, 2.75) is 0 Å². The predicted octanol–water partition coefficient (Wildman–Crippen LogP) is 0.827. The van der Waals surface area contributed by atoms with Crippen LogP contribution in [-0.4, -0.2) is 25.0 Å². The quantitative estimate of drug-likeness (QED) is 0.349. The molecular weight excluding hydrogens is 214 g/mol. The molecule has 0 aromatic heterocycles. The van der Waals surface area contributed by atoms with Crippen molar-refractivity contribution in [3.8, 4) is 5.75 Å². The molecule has 0 saturated heterocycles. The first-order chi connectivity index (χ1) is 7.19. The molecule has 0 unspecified atom stereocenters. The Bertz CT molecular complexity index is 333. The average molecular weight is 226 g/mol. The summed E-state index contributed by atoms with van der Waals surface area (Å²) in [5.41, 5.74) is 0.609. The number of anilines is 1. The molecule has 0 aliphatic rings. The van der Waals surface area contributed by atoms with E-state index >= 15 is 0 Å². The van der Waals surface area contributed by atoms with E-state index < -0.39 is 0 Å². The van der Waals surface area contributed by atoms with Crippen molar-refractivity contribution in [2.75, 3.05) is 18.5 Å². The monoisotopic (exact) mass is 226 g/mol. The molecule has 0 atom stereocenters. The summed E-state index contributed by atoms with van der Waals surface area (Å²) in [5.74, 6) is 6.04. The van der Waals surface area contributed by atoms with Gasteiger partial charge in [-0.15, -0.1) is 0 Å². The van der Waals surface area contributed by atoms with E-state index in [0.29, 0.717) is 17.8 Å². The standard InChI is InChI=1S/C9H12N3O2S/c1-11(10)15-12(7-13)8-5-3-4-6-9(8)14-2/h4-7H,10H2,1-2H3. The highest BCUT2D eigenvalue weighted by Crippen LogP contribution is 2.30. The molecule has 15 heavy (non-hydrogen) atoms. The molecule has 0 heterocycles. The molecule has 5 nitrogen and oxygen atoms in total. The summed E-state index contributed by atoms with van der Waals surface area (Å²) < 4.78 is 7.79. The fourth-order valence-corrected chi connectivity index (χ4v) is 1.56. The topological polar surface area (TPSA) is 58.8 Å². The fraction of sp³-hybridized carbons (Fsp3) is 0.222. The zero-order chi connectivity index (χ0) is 11.3. The third-order valence-electron chi connectivity index (χ3n) is 1.57. The van der Waals surface area contributed by atoms with Crippen LogP contribution in [0.1, 0.15) is 0 Å². The van der Waals surface area contributed by atoms with Crippen LogP contribution in [-0.2, 0) is 4.79 Å². The van der Waals surface area contributed by atoms with Gasteiger partial charge >= 0.3 is 0 Å². The fourth-order valence-electron chi connectivity index (χ4n) is 1.01. The minimum absolute atomic E-state index is 0.593. The third kappa shape index (κ3) is 3.12. The highest BCUT2D eigenvalue weighted by Gasteiger charge is 2.12. The van der Waals surface area contributed by atoms with Crippen LogP contribution in [0.5, 0.6) is 5.75 Å². The van der Waals surface area contributed by atoms with Gasteiger partial charge in [0.25, 0.3) is 0 Å². The summed E-state index contributed by atoms with van der Waals surface area (Å²) in [6.45, 7) is 0. The number of hydrogen-bond donors (Lipinski definition) is 1. The largest absolute Gasteiger partial charge is 0.495 e. The maximum Gasteiger partial charge on any atom is 0.225 e. The van der Waals surface area contributed by atoms with Gasteiger partial charge in [-0.1, -0.05) is 6.07 Å². The molecule has 0 aliphatic carbocycles. The van der Waals surface area contributed by atoms with Crippen molar-refractivity contribution < 1.29 is 9.53 Å². The van der Waals surface area contributed by atoms with Crippen LogP contribution in [0.3, 0.4) is 0 Å². The molecule has 0 spiro atoms. The molecule has 0 bridgehead atoms. The molecule has 6 heteroatoms. The van der Waals surface area contributed by atoms with Gasteiger partial charge in [0.05, 0.1) is 24.9 Å². The van der Waals surface area contributed by atoms with E-state index in [1.165, 1.54) is 8.72 Å². The van der Waals surface area contributed by atoms with Crippen molar-refractivity contribution >= 4 is 24.2 Å². The lowest BCUT2D eigenvalue weighted by Gasteiger charge is -2.20. The Labute approximate surface area is 93.0 Å². The van der Waals surface area contributed by atoms with Crippen LogP contribution < -0.4 is 14.9 Å². The number of hydrogen-bond acceptors (Lipinski definition) is 5. The number of amides is 1. The van der Waals surface area contributed by atoms with Gasteiger partial charge in [0, 0.05) is 7.05 Å². The second-order valence-electron chi connectivity index (χ2n) is 2.66. The van der Waals surface area contributed by atoms with Crippen LogP contribution in [0.25, 0.3) is 0 Å². The van der Waals surface area contributed by atoms with Crippen LogP contribution in [0.15, 0.2) is 18.2 Å². The van der Waals surface area contributed by atoms with Crippen LogP contribution in [0, 0.1) is 6.07 Å². The Morgan fingerprint density at radius 1 is 1.67 bits per heavy atom. The summed E-state index contributed by atoms with van der Waals surface area (Å²) >= 11 is 1.06. The average Bonchev–Trinajstić information content (AvgIpc) is 2.25. The van der Waals surface area contributed by atoms with E-state index in [9.17, 15) is 4.79 Å². The molecule has 2 N–H and O–H groups in total. The van der Waals surface area contributed by atoms with Gasteiger partial charge in [0.1, 0.15) is 5.75 Å². The van der Waals surface area contributed by atoms with E-state index in [2.05, 4.69) is 6.07 Å². The van der Waals surface area contributed by atoms with E-state index in [0.717, 1.165) is 12.1 Å². The summed E-state index contributed by atoms with van der Waals surface area (Å²) in [5, 5.41) is 0. The number of nitrogens with zero attached hydrogens (tertiary/aromatic N) is 2. The van der Waals surface area contributed by atoms with E-state index in [1.807, 2.05) is 0 Å². The minimum Gasteiger partial charge on any atom is -0.495 e. The molecule has 0 fully saturated rings. The lowest BCUT2D eigenvalue weighted by Crippen LogP contribution is -2.26. The van der Waals surface area contributed by atoms with Crippen molar-refractivity contribution in [1.82, 2.24) is 4.41 Å². The summed E-state index contributed by atoms with van der Waals surface area (Å²) in [7, 11) is 3.18.